The third kappa shape index (κ3) is 4.06. The van der Waals surface area contributed by atoms with Gasteiger partial charge in [-0.25, -0.2) is 15.0 Å². The molecule has 2 heterocycles. The highest BCUT2D eigenvalue weighted by Crippen LogP contribution is 2.25. The first-order valence-electron chi connectivity index (χ1n) is 9.27. The van der Waals surface area contributed by atoms with Crippen LogP contribution < -0.4 is 10.6 Å². The molecule has 0 spiro atoms. The summed E-state index contributed by atoms with van der Waals surface area (Å²) in [6, 6.07) is 12.0. The molecule has 6 nitrogen and oxygen atoms in total. The number of aliphatic hydroxyl groups excluding tert-OH is 1. The summed E-state index contributed by atoms with van der Waals surface area (Å²) in [5.41, 5.74) is 2.51. The van der Waals surface area contributed by atoms with E-state index in [1.807, 2.05) is 42.6 Å². The van der Waals surface area contributed by atoms with Crippen LogP contribution in [0.4, 0.5) is 11.8 Å². The number of benzene rings is 1. The number of anilines is 2. The van der Waals surface area contributed by atoms with Crippen molar-refractivity contribution in [3.63, 3.8) is 0 Å². The summed E-state index contributed by atoms with van der Waals surface area (Å²) in [6.45, 7) is 4.16. The number of nitrogens with zero attached hydrogens (tertiary/aromatic N) is 3. The molecule has 0 radical (unpaired) electrons. The minimum Gasteiger partial charge on any atom is -0.393 e. The lowest BCUT2D eigenvalue weighted by Gasteiger charge is -2.26. The van der Waals surface area contributed by atoms with Gasteiger partial charge in [0.25, 0.3) is 0 Å². The molecule has 1 aliphatic rings. The zero-order chi connectivity index (χ0) is 18.6. The Hall–Kier alpha value is -2.99. The van der Waals surface area contributed by atoms with Gasteiger partial charge >= 0.3 is 0 Å². The number of aliphatic hydroxyl groups is 1. The van der Waals surface area contributed by atoms with Gasteiger partial charge in [0.1, 0.15) is 5.82 Å². The van der Waals surface area contributed by atoms with E-state index >= 15 is 0 Å². The van der Waals surface area contributed by atoms with Crippen molar-refractivity contribution in [3.8, 4) is 0 Å². The molecule has 0 aliphatic heterocycles. The van der Waals surface area contributed by atoms with E-state index in [-0.39, 0.29) is 6.10 Å². The van der Waals surface area contributed by atoms with Gasteiger partial charge in [0.2, 0.25) is 5.95 Å². The second-order valence-electron chi connectivity index (χ2n) is 6.91. The number of aromatic nitrogens is 3. The Bertz CT molecular complexity index is 936. The first-order chi connectivity index (χ1) is 13.2. The maximum Gasteiger partial charge on any atom is 0.223 e. The van der Waals surface area contributed by atoms with E-state index in [2.05, 4.69) is 27.2 Å². The molecular weight excluding hydrogens is 338 g/mol. The molecule has 6 heteroatoms. The minimum atomic E-state index is -0.173. The summed E-state index contributed by atoms with van der Waals surface area (Å²) in [5.74, 6) is 1.36. The standard InChI is InChI=1S/C21H23N5O/c1-14(24-19-7-2-3-12-22-19)18-6-4-5-15-13-23-21(26-20(15)18)25-16-8-10-17(27)11-9-16/h2-7,12-13,16-17,27H,1,8-11H2,(H,22,24)(H,23,25,26). The van der Waals surface area contributed by atoms with E-state index < -0.39 is 0 Å². The Morgan fingerprint density at radius 3 is 2.67 bits per heavy atom. The Morgan fingerprint density at radius 2 is 1.89 bits per heavy atom. The fourth-order valence-electron chi connectivity index (χ4n) is 3.43. The average molecular weight is 361 g/mol. The van der Waals surface area contributed by atoms with Crippen molar-refractivity contribution in [1.29, 1.82) is 0 Å². The Labute approximate surface area is 158 Å². The van der Waals surface area contributed by atoms with Gasteiger partial charge < -0.3 is 15.7 Å². The van der Waals surface area contributed by atoms with Crippen LogP contribution in [0.5, 0.6) is 0 Å². The average Bonchev–Trinajstić information content (AvgIpc) is 2.70. The van der Waals surface area contributed by atoms with Crippen LogP contribution in [0.15, 0.2) is 55.4 Å². The summed E-state index contributed by atoms with van der Waals surface area (Å²) >= 11 is 0. The van der Waals surface area contributed by atoms with Crippen molar-refractivity contribution in [2.24, 2.45) is 0 Å². The van der Waals surface area contributed by atoms with Gasteiger partial charge in [-0.05, 0) is 37.8 Å². The predicted molar refractivity (Wildman–Crippen MR) is 108 cm³/mol. The van der Waals surface area contributed by atoms with E-state index in [4.69, 9.17) is 4.98 Å². The van der Waals surface area contributed by atoms with Crippen LogP contribution in [0.3, 0.4) is 0 Å². The van der Waals surface area contributed by atoms with Crippen molar-refractivity contribution in [2.75, 3.05) is 10.6 Å². The molecule has 3 N–H and O–H groups in total. The number of hydrogen-bond acceptors (Lipinski definition) is 6. The van der Waals surface area contributed by atoms with Crippen LogP contribution in [0.25, 0.3) is 16.6 Å². The van der Waals surface area contributed by atoms with Gasteiger partial charge in [-0.2, -0.15) is 0 Å². The molecule has 1 fully saturated rings. The third-order valence-corrected chi connectivity index (χ3v) is 4.91. The minimum absolute atomic E-state index is 0.173. The molecule has 0 saturated heterocycles. The number of rotatable bonds is 5. The maximum atomic E-state index is 9.67. The van der Waals surface area contributed by atoms with Gasteiger partial charge in [-0.3, -0.25) is 0 Å². The van der Waals surface area contributed by atoms with Crippen LogP contribution in [0.1, 0.15) is 31.2 Å². The topological polar surface area (TPSA) is 83.0 Å². The van der Waals surface area contributed by atoms with Gasteiger partial charge in [0, 0.05) is 35.1 Å². The van der Waals surface area contributed by atoms with Gasteiger partial charge in [0.05, 0.1) is 11.6 Å². The quantitative estimate of drug-likeness (QED) is 0.641. The van der Waals surface area contributed by atoms with Crippen molar-refractivity contribution >= 4 is 28.4 Å². The van der Waals surface area contributed by atoms with E-state index in [1.165, 1.54) is 0 Å². The largest absolute Gasteiger partial charge is 0.393 e. The van der Waals surface area contributed by atoms with Crippen LogP contribution in [-0.4, -0.2) is 32.2 Å². The third-order valence-electron chi connectivity index (χ3n) is 4.91. The van der Waals surface area contributed by atoms with Crippen LogP contribution >= 0.6 is 0 Å². The smallest absolute Gasteiger partial charge is 0.223 e. The lowest BCUT2D eigenvalue weighted by Crippen LogP contribution is -2.28. The Morgan fingerprint density at radius 1 is 1.04 bits per heavy atom. The highest BCUT2D eigenvalue weighted by molar-refractivity contribution is 5.92. The highest BCUT2D eigenvalue weighted by Gasteiger charge is 2.20. The molecule has 27 heavy (non-hydrogen) atoms. The fraction of sp³-hybridized carbons (Fsp3) is 0.286. The summed E-state index contributed by atoms with van der Waals surface area (Å²) in [7, 11) is 0. The van der Waals surface area contributed by atoms with Gasteiger partial charge in [0.15, 0.2) is 0 Å². The van der Waals surface area contributed by atoms with Crippen LogP contribution in [-0.2, 0) is 0 Å². The van der Waals surface area contributed by atoms with E-state index in [1.54, 1.807) is 6.20 Å². The number of pyridine rings is 1. The van der Waals surface area contributed by atoms with Crippen molar-refractivity contribution in [2.45, 2.75) is 37.8 Å². The molecule has 2 aromatic heterocycles. The molecule has 0 amide bonds. The Balaban J connectivity index is 1.58. The Kier molecular flexibility index (Phi) is 4.98. The van der Waals surface area contributed by atoms with Gasteiger partial charge in [-0.1, -0.05) is 30.8 Å². The normalized spacial score (nSPS) is 19.6. The van der Waals surface area contributed by atoms with Crippen LogP contribution in [0.2, 0.25) is 0 Å². The van der Waals surface area contributed by atoms with E-state index in [0.29, 0.717) is 12.0 Å². The van der Waals surface area contributed by atoms with Crippen molar-refractivity contribution in [1.82, 2.24) is 15.0 Å². The molecule has 1 aromatic carbocycles. The second-order valence-corrected chi connectivity index (χ2v) is 6.91. The molecule has 0 unspecified atom stereocenters. The molecule has 138 valence electrons. The molecule has 3 aromatic rings. The summed E-state index contributed by atoms with van der Waals surface area (Å²) in [5, 5.41) is 17.3. The second kappa shape index (κ2) is 7.72. The zero-order valence-corrected chi connectivity index (χ0v) is 15.1. The lowest BCUT2D eigenvalue weighted by molar-refractivity contribution is 0.126. The summed E-state index contributed by atoms with van der Waals surface area (Å²) in [6.07, 6.45) is 6.90. The number of nitrogens with one attached hydrogen (secondary N) is 2. The number of fused-ring (bicyclic) bond motifs is 1. The first kappa shape index (κ1) is 17.4. The molecular formula is C21H23N5O. The fourth-order valence-corrected chi connectivity index (χ4v) is 3.43. The first-order valence-corrected chi connectivity index (χ1v) is 9.27. The van der Waals surface area contributed by atoms with Gasteiger partial charge in [-0.15, -0.1) is 0 Å². The monoisotopic (exact) mass is 361 g/mol. The molecule has 1 saturated carbocycles. The highest BCUT2D eigenvalue weighted by atomic mass is 16.3. The van der Waals surface area contributed by atoms with E-state index in [9.17, 15) is 5.11 Å². The number of para-hydroxylation sites is 1. The molecule has 0 bridgehead atoms. The molecule has 0 atom stereocenters. The molecule has 1 aliphatic carbocycles. The van der Waals surface area contributed by atoms with Crippen molar-refractivity contribution in [3.05, 3.63) is 60.9 Å². The SMILES string of the molecule is C=C(Nc1ccccn1)c1cccc2cnc(NC3CCC(O)CC3)nc12. The predicted octanol–water partition coefficient (Wildman–Crippen LogP) is 3.82. The number of hydrogen-bond donors (Lipinski definition) is 3. The maximum absolute atomic E-state index is 9.67. The summed E-state index contributed by atoms with van der Waals surface area (Å²) < 4.78 is 0. The lowest BCUT2D eigenvalue weighted by atomic mass is 9.93. The summed E-state index contributed by atoms with van der Waals surface area (Å²) in [4.78, 5) is 13.5. The van der Waals surface area contributed by atoms with Crippen molar-refractivity contribution < 1.29 is 5.11 Å². The zero-order valence-electron chi connectivity index (χ0n) is 15.1. The molecule has 4 rings (SSSR count). The van der Waals surface area contributed by atoms with E-state index in [0.717, 1.165) is 53.7 Å². The van der Waals surface area contributed by atoms with Crippen LogP contribution in [0, 0.1) is 0 Å².